The van der Waals surface area contributed by atoms with Gasteiger partial charge in [0.15, 0.2) is 0 Å². The Kier molecular flexibility index (Phi) is 4.49. The van der Waals surface area contributed by atoms with Gasteiger partial charge in [-0.3, -0.25) is 4.79 Å². The van der Waals surface area contributed by atoms with Crippen molar-refractivity contribution in [1.29, 1.82) is 0 Å². The molecule has 1 aromatic heterocycles. The van der Waals surface area contributed by atoms with E-state index >= 15 is 0 Å². The van der Waals surface area contributed by atoms with Crippen LogP contribution in [0, 0.1) is 19.3 Å². The zero-order valence-electron chi connectivity index (χ0n) is 13.6. The Morgan fingerprint density at radius 1 is 1.29 bits per heavy atom. The van der Waals surface area contributed by atoms with Gasteiger partial charge in [-0.2, -0.15) is 0 Å². The van der Waals surface area contributed by atoms with Crippen molar-refractivity contribution in [2.75, 3.05) is 13.1 Å². The monoisotopic (exact) mass is 291 g/mol. The number of aromatic nitrogens is 2. The molecule has 1 atom stereocenters. The van der Waals surface area contributed by atoms with Gasteiger partial charge in [0.1, 0.15) is 6.10 Å². The van der Waals surface area contributed by atoms with Gasteiger partial charge in [-0.05, 0) is 32.8 Å². The molecule has 0 aliphatic carbocycles. The van der Waals surface area contributed by atoms with E-state index < -0.39 is 0 Å². The lowest BCUT2D eigenvalue weighted by Crippen LogP contribution is -2.48. The van der Waals surface area contributed by atoms with Crippen molar-refractivity contribution in [2.24, 2.45) is 5.41 Å². The van der Waals surface area contributed by atoms with Crippen LogP contribution in [0.4, 0.5) is 0 Å². The first-order valence-corrected chi connectivity index (χ1v) is 7.54. The summed E-state index contributed by atoms with van der Waals surface area (Å²) in [6.45, 7) is 11.1. The Balaban J connectivity index is 2.03. The second-order valence-electron chi connectivity index (χ2n) is 6.82. The number of likely N-dealkylation sites (tertiary alicyclic amines) is 1. The Morgan fingerprint density at radius 2 is 1.90 bits per heavy atom. The third-order valence-corrected chi connectivity index (χ3v) is 3.54. The van der Waals surface area contributed by atoms with Crippen LogP contribution in [0.15, 0.2) is 6.07 Å². The largest absolute Gasteiger partial charge is 0.458 e. The molecule has 0 spiro atoms. The summed E-state index contributed by atoms with van der Waals surface area (Å²) in [7, 11) is 0. The highest BCUT2D eigenvalue weighted by Gasteiger charge is 2.31. The molecule has 1 aromatic rings. The average molecular weight is 291 g/mol. The Bertz CT molecular complexity index is 502. The van der Waals surface area contributed by atoms with Crippen LogP contribution in [0.2, 0.25) is 0 Å². The normalized spacial score (nSPS) is 19.5. The molecule has 0 bridgehead atoms. The van der Waals surface area contributed by atoms with Crippen LogP contribution in [-0.4, -0.2) is 40.0 Å². The minimum atomic E-state index is -0.349. The van der Waals surface area contributed by atoms with Crippen molar-refractivity contribution in [3.8, 4) is 6.01 Å². The number of aryl methyl sites for hydroxylation is 2. The van der Waals surface area contributed by atoms with Crippen molar-refractivity contribution in [2.45, 2.75) is 53.6 Å². The number of carbonyl (C=O) groups is 1. The predicted molar refractivity (Wildman–Crippen MR) is 81.2 cm³/mol. The van der Waals surface area contributed by atoms with Crippen molar-refractivity contribution >= 4 is 5.91 Å². The van der Waals surface area contributed by atoms with E-state index in [0.717, 1.165) is 30.8 Å². The molecule has 1 aliphatic heterocycles. The fourth-order valence-corrected chi connectivity index (χ4v) is 2.59. The fraction of sp³-hybridized carbons (Fsp3) is 0.688. The molecule has 1 amide bonds. The van der Waals surface area contributed by atoms with Crippen molar-refractivity contribution in [3.05, 3.63) is 17.5 Å². The molecule has 0 saturated carbocycles. The van der Waals surface area contributed by atoms with E-state index in [9.17, 15) is 4.79 Å². The van der Waals surface area contributed by atoms with Gasteiger partial charge >= 0.3 is 6.01 Å². The van der Waals surface area contributed by atoms with E-state index in [4.69, 9.17) is 4.74 Å². The highest BCUT2D eigenvalue weighted by molar-refractivity contribution is 5.81. The summed E-state index contributed by atoms with van der Waals surface area (Å²) in [4.78, 5) is 22.9. The van der Waals surface area contributed by atoms with Gasteiger partial charge in [-0.15, -0.1) is 0 Å². The average Bonchev–Trinajstić information content (AvgIpc) is 2.35. The molecule has 0 radical (unpaired) electrons. The zero-order valence-corrected chi connectivity index (χ0v) is 13.6. The second kappa shape index (κ2) is 6.00. The van der Waals surface area contributed by atoms with Gasteiger partial charge in [0.2, 0.25) is 5.91 Å². The number of piperidine rings is 1. The fourth-order valence-electron chi connectivity index (χ4n) is 2.59. The number of carbonyl (C=O) groups excluding carboxylic acids is 1. The summed E-state index contributed by atoms with van der Waals surface area (Å²) < 4.78 is 5.89. The lowest BCUT2D eigenvalue weighted by atomic mass is 9.93. The number of nitrogens with zero attached hydrogens (tertiary/aromatic N) is 3. The number of ether oxygens (including phenoxy) is 1. The van der Waals surface area contributed by atoms with Gasteiger partial charge in [0.25, 0.3) is 0 Å². The van der Waals surface area contributed by atoms with Crippen LogP contribution in [-0.2, 0) is 4.79 Å². The third-order valence-electron chi connectivity index (χ3n) is 3.54. The summed E-state index contributed by atoms with van der Waals surface area (Å²) in [6.07, 6.45) is 1.87. The molecular weight excluding hydrogens is 266 g/mol. The molecule has 0 aromatic carbocycles. The minimum absolute atomic E-state index is 0.0220. The Labute approximate surface area is 126 Å². The molecule has 2 heterocycles. The molecule has 2 rings (SSSR count). The van der Waals surface area contributed by atoms with Crippen molar-refractivity contribution in [1.82, 2.24) is 14.9 Å². The maximum Gasteiger partial charge on any atom is 0.317 e. The highest BCUT2D eigenvalue weighted by Crippen LogP contribution is 2.22. The topological polar surface area (TPSA) is 55.3 Å². The highest BCUT2D eigenvalue weighted by atomic mass is 16.5. The lowest BCUT2D eigenvalue weighted by molar-refractivity contribution is -0.142. The number of hydrogen-bond acceptors (Lipinski definition) is 4. The quantitative estimate of drug-likeness (QED) is 0.840. The van der Waals surface area contributed by atoms with Gasteiger partial charge in [0.05, 0.1) is 6.54 Å². The van der Waals surface area contributed by atoms with Gasteiger partial charge < -0.3 is 9.64 Å². The van der Waals surface area contributed by atoms with Crippen LogP contribution in [0.5, 0.6) is 6.01 Å². The SMILES string of the molecule is Cc1cc(C)nc(OC2CCCN(C(=O)C(C)(C)C)C2)n1. The van der Waals surface area contributed by atoms with Crippen LogP contribution in [0.3, 0.4) is 0 Å². The molecule has 1 saturated heterocycles. The molecule has 1 aliphatic rings. The van der Waals surface area contributed by atoms with Crippen molar-refractivity contribution < 1.29 is 9.53 Å². The Hall–Kier alpha value is -1.65. The number of rotatable bonds is 2. The van der Waals surface area contributed by atoms with E-state index in [-0.39, 0.29) is 17.4 Å². The first kappa shape index (κ1) is 15.7. The molecule has 5 heteroatoms. The van der Waals surface area contributed by atoms with E-state index in [2.05, 4.69) is 9.97 Å². The maximum absolute atomic E-state index is 12.4. The third kappa shape index (κ3) is 4.16. The summed E-state index contributed by atoms with van der Waals surface area (Å²) >= 11 is 0. The van der Waals surface area contributed by atoms with Gasteiger partial charge in [-0.25, -0.2) is 9.97 Å². The van der Waals surface area contributed by atoms with Gasteiger partial charge in [0, 0.05) is 23.3 Å². The number of hydrogen-bond donors (Lipinski definition) is 0. The first-order chi connectivity index (χ1) is 9.75. The van der Waals surface area contributed by atoms with Crippen LogP contribution >= 0.6 is 0 Å². The zero-order chi connectivity index (χ0) is 15.6. The molecule has 1 fully saturated rings. The molecule has 5 nitrogen and oxygen atoms in total. The van der Waals surface area contributed by atoms with E-state index in [1.165, 1.54) is 0 Å². The second-order valence-corrected chi connectivity index (χ2v) is 6.82. The first-order valence-electron chi connectivity index (χ1n) is 7.54. The summed E-state index contributed by atoms with van der Waals surface area (Å²) in [6, 6.07) is 2.34. The van der Waals surface area contributed by atoms with Crippen LogP contribution in [0.1, 0.15) is 45.0 Å². The van der Waals surface area contributed by atoms with Crippen molar-refractivity contribution in [3.63, 3.8) is 0 Å². The standard InChI is InChI=1S/C16H25N3O2/c1-11-9-12(2)18-15(17-11)21-13-7-6-8-19(10-13)14(20)16(3,4)5/h9,13H,6-8,10H2,1-5H3. The summed E-state index contributed by atoms with van der Waals surface area (Å²) in [5.41, 5.74) is 1.45. The van der Waals surface area contributed by atoms with Crippen LogP contribution in [0.25, 0.3) is 0 Å². The molecule has 0 N–H and O–H groups in total. The summed E-state index contributed by atoms with van der Waals surface area (Å²) in [5.74, 6) is 0.178. The van der Waals surface area contributed by atoms with E-state index in [1.54, 1.807) is 0 Å². The lowest BCUT2D eigenvalue weighted by Gasteiger charge is -2.36. The van der Waals surface area contributed by atoms with E-state index in [1.807, 2.05) is 45.6 Å². The maximum atomic E-state index is 12.4. The summed E-state index contributed by atoms with van der Waals surface area (Å²) in [5, 5.41) is 0. The van der Waals surface area contributed by atoms with E-state index in [0.29, 0.717) is 12.6 Å². The molecule has 116 valence electrons. The van der Waals surface area contributed by atoms with Gasteiger partial charge in [-0.1, -0.05) is 20.8 Å². The minimum Gasteiger partial charge on any atom is -0.458 e. The molecule has 1 unspecified atom stereocenters. The Morgan fingerprint density at radius 3 is 2.48 bits per heavy atom. The smallest absolute Gasteiger partial charge is 0.317 e. The molecular formula is C16H25N3O2. The van der Waals surface area contributed by atoms with Crippen LogP contribution < -0.4 is 4.74 Å². The predicted octanol–water partition coefficient (Wildman–Crippen LogP) is 2.51. The number of amides is 1. The molecule has 21 heavy (non-hydrogen) atoms.